The predicted molar refractivity (Wildman–Crippen MR) is 60.4 cm³/mol. The zero-order chi connectivity index (χ0) is 10.6. The van der Waals surface area contributed by atoms with Crippen molar-refractivity contribution in [2.24, 2.45) is 5.73 Å². The molecule has 2 N–H and O–H groups in total. The van der Waals surface area contributed by atoms with Gasteiger partial charge in [0.2, 0.25) is 0 Å². The first kappa shape index (κ1) is 11.9. The van der Waals surface area contributed by atoms with Crippen molar-refractivity contribution in [1.82, 2.24) is 0 Å². The largest absolute Gasteiger partial charge is 0.374 e. The maximum absolute atomic E-state index is 5.57. The van der Waals surface area contributed by atoms with Gasteiger partial charge in [0, 0.05) is 18.7 Å². The van der Waals surface area contributed by atoms with Crippen molar-refractivity contribution < 1.29 is 9.47 Å². The summed E-state index contributed by atoms with van der Waals surface area (Å²) in [7, 11) is 3.35. The van der Waals surface area contributed by atoms with Crippen LogP contribution >= 0.6 is 15.9 Å². The van der Waals surface area contributed by atoms with Gasteiger partial charge in [0.15, 0.2) is 0 Å². The molecule has 0 saturated heterocycles. The Morgan fingerprint density at radius 1 is 1.57 bits per heavy atom. The zero-order valence-electron chi connectivity index (χ0n) is 8.50. The lowest BCUT2D eigenvalue weighted by Gasteiger charge is -2.36. The molecule has 0 saturated carbocycles. The Morgan fingerprint density at radius 2 is 2.29 bits per heavy atom. The molecule has 80 valence electrons. The van der Waals surface area contributed by atoms with Crippen molar-refractivity contribution in [1.29, 1.82) is 0 Å². The molecule has 0 aromatic carbocycles. The number of rotatable bonds is 4. The average molecular weight is 262 g/mol. The Morgan fingerprint density at radius 3 is 2.79 bits per heavy atom. The molecule has 0 fully saturated rings. The molecule has 0 aromatic heterocycles. The van der Waals surface area contributed by atoms with Gasteiger partial charge in [0.1, 0.15) is 11.7 Å². The average Bonchev–Trinajstić information content (AvgIpc) is 2.21. The highest BCUT2D eigenvalue weighted by atomic mass is 79.9. The SMILES string of the molecule is COC1C=C(Br)C=CC1(CCN)OC. The predicted octanol–water partition coefficient (Wildman–Crippen LogP) is 1.58. The van der Waals surface area contributed by atoms with Gasteiger partial charge in [-0.1, -0.05) is 15.9 Å². The lowest BCUT2D eigenvalue weighted by molar-refractivity contribution is -0.0695. The molecule has 2 atom stereocenters. The van der Waals surface area contributed by atoms with E-state index >= 15 is 0 Å². The maximum atomic E-state index is 5.57. The van der Waals surface area contributed by atoms with Gasteiger partial charge in [0.05, 0.1) is 0 Å². The summed E-state index contributed by atoms with van der Waals surface area (Å²) in [6.45, 7) is 0.573. The Kier molecular flexibility index (Phi) is 4.31. The summed E-state index contributed by atoms with van der Waals surface area (Å²) in [6.07, 6.45) is 6.61. The summed E-state index contributed by atoms with van der Waals surface area (Å²) in [5.41, 5.74) is 5.15. The summed E-state index contributed by atoms with van der Waals surface area (Å²) in [5, 5.41) is 0. The highest BCUT2D eigenvalue weighted by molar-refractivity contribution is 9.11. The van der Waals surface area contributed by atoms with Gasteiger partial charge < -0.3 is 15.2 Å². The molecule has 14 heavy (non-hydrogen) atoms. The molecule has 0 aromatic rings. The summed E-state index contributed by atoms with van der Waals surface area (Å²) in [6, 6.07) is 0. The third kappa shape index (κ3) is 2.25. The second-order valence-corrected chi connectivity index (χ2v) is 4.15. The van der Waals surface area contributed by atoms with Gasteiger partial charge in [-0.3, -0.25) is 0 Å². The number of hydrogen-bond donors (Lipinski definition) is 1. The van der Waals surface area contributed by atoms with Crippen LogP contribution < -0.4 is 5.73 Å². The normalized spacial score (nSPS) is 31.7. The smallest absolute Gasteiger partial charge is 0.117 e. The fourth-order valence-electron chi connectivity index (χ4n) is 1.66. The molecular formula is C10H16BrNO2. The fraction of sp³-hybridized carbons (Fsp3) is 0.600. The van der Waals surface area contributed by atoms with Crippen LogP contribution in [0.2, 0.25) is 0 Å². The van der Waals surface area contributed by atoms with Crippen LogP contribution in [0.4, 0.5) is 0 Å². The van der Waals surface area contributed by atoms with Crippen LogP contribution in [0.1, 0.15) is 6.42 Å². The quantitative estimate of drug-likeness (QED) is 0.836. The van der Waals surface area contributed by atoms with Crippen molar-refractivity contribution in [3.05, 3.63) is 22.7 Å². The van der Waals surface area contributed by atoms with E-state index in [0.717, 1.165) is 10.9 Å². The molecule has 0 amide bonds. The highest BCUT2D eigenvalue weighted by Crippen LogP contribution is 2.31. The van der Waals surface area contributed by atoms with Crippen LogP contribution in [-0.2, 0) is 9.47 Å². The minimum Gasteiger partial charge on any atom is -0.374 e. The van der Waals surface area contributed by atoms with Crippen LogP contribution in [0.3, 0.4) is 0 Å². The summed E-state index contributed by atoms with van der Waals surface area (Å²) in [4.78, 5) is 0. The molecule has 4 heteroatoms. The zero-order valence-corrected chi connectivity index (χ0v) is 10.1. The first-order valence-electron chi connectivity index (χ1n) is 4.53. The molecule has 0 aliphatic heterocycles. The molecule has 0 spiro atoms. The Bertz CT molecular complexity index is 253. The summed E-state index contributed by atoms with van der Waals surface area (Å²) >= 11 is 3.41. The topological polar surface area (TPSA) is 44.5 Å². The second kappa shape index (κ2) is 5.07. The molecule has 3 nitrogen and oxygen atoms in total. The van der Waals surface area contributed by atoms with Gasteiger partial charge in [-0.2, -0.15) is 0 Å². The fourth-order valence-corrected chi connectivity index (χ4v) is 2.03. The summed E-state index contributed by atoms with van der Waals surface area (Å²) in [5.74, 6) is 0. The van der Waals surface area contributed by atoms with Crippen LogP contribution in [0.5, 0.6) is 0 Å². The number of allylic oxidation sites excluding steroid dienone is 2. The standard InChI is InChI=1S/C10H16BrNO2/c1-13-9-7-8(11)3-4-10(9,14-2)5-6-12/h3-4,7,9H,5-6,12H2,1-2H3. The molecule has 1 rings (SSSR count). The number of hydrogen-bond acceptors (Lipinski definition) is 3. The van der Waals surface area contributed by atoms with Crippen molar-refractivity contribution in [2.75, 3.05) is 20.8 Å². The first-order valence-corrected chi connectivity index (χ1v) is 5.32. The van der Waals surface area contributed by atoms with Crippen molar-refractivity contribution in [2.45, 2.75) is 18.1 Å². The van der Waals surface area contributed by atoms with E-state index in [0.29, 0.717) is 6.54 Å². The van der Waals surface area contributed by atoms with E-state index in [1.165, 1.54) is 0 Å². The van der Waals surface area contributed by atoms with Crippen molar-refractivity contribution in [3.63, 3.8) is 0 Å². The van der Waals surface area contributed by atoms with Gasteiger partial charge in [-0.15, -0.1) is 0 Å². The highest BCUT2D eigenvalue weighted by Gasteiger charge is 2.36. The van der Waals surface area contributed by atoms with E-state index in [1.54, 1.807) is 14.2 Å². The molecule has 0 bridgehead atoms. The molecular weight excluding hydrogens is 246 g/mol. The molecule has 1 aliphatic carbocycles. The van der Waals surface area contributed by atoms with Crippen LogP contribution in [0.25, 0.3) is 0 Å². The van der Waals surface area contributed by atoms with Crippen molar-refractivity contribution in [3.8, 4) is 0 Å². The van der Waals surface area contributed by atoms with E-state index in [1.807, 2.05) is 18.2 Å². The van der Waals surface area contributed by atoms with Crippen LogP contribution in [0.15, 0.2) is 22.7 Å². The van der Waals surface area contributed by atoms with E-state index in [4.69, 9.17) is 15.2 Å². The third-order valence-electron chi connectivity index (χ3n) is 2.49. The number of methoxy groups -OCH3 is 2. The van der Waals surface area contributed by atoms with Crippen LogP contribution in [0, 0.1) is 0 Å². The van der Waals surface area contributed by atoms with Crippen molar-refractivity contribution >= 4 is 15.9 Å². The Hall–Kier alpha value is -0.160. The molecule has 1 aliphatic rings. The minimum absolute atomic E-state index is 0.0876. The van der Waals surface area contributed by atoms with Gasteiger partial charge >= 0.3 is 0 Å². The molecule has 0 radical (unpaired) electrons. The third-order valence-corrected chi connectivity index (χ3v) is 3.01. The molecule has 0 heterocycles. The van der Waals surface area contributed by atoms with Crippen LogP contribution in [-0.4, -0.2) is 32.5 Å². The van der Waals surface area contributed by atoms with Gasteiger partial charge in [-0.25, -0.2) is 0 Å². The lowest BCUT2D eigenvalue weighted by atomic mass is 9.88. The molecule has 2 unspecified atom stereocenters. The Labute approximate surface area is 93.1 Å². The van der Waals surface area contributed by atoms with E-state index in [2.05, 4.69) is 15.9 Å². The number of nitrogens with two attached hydrogens (primary N) is 1. The lowest BCUT2D eigenvalue weighted by Crippen LogP contribution is -2.45. The number of ether oxygens (including phenoxy) is 2. The number of halogens is 1. The van der Waals surface area contributed by atoms with E-state index in [-0.39, 0.29) is 6.10 Å². The maximum Gasteiger partial charge on any atom is 0.117 e. The minimum atomic E-state index is -0.416. The summed E-state index contributed by atoms with van der Waals surface area (Å²) < 4.78 is 11.9. The Balaban J connectivity index is 2.90. The van der Waals surface area contributed by atoms with E-state index in [9.17, 15) is 0 Å². The van der Waals surface area contributed by atoms with Gasteiger partial charge in [-0.05, 0) is 31.2 Å². The second-order valence-electron chi connectivity index (χ2n) is 3.24. The van der Waals surface area contributed by atoms with Gasteiger partial charge in [0.25, 0.3) is 0 Å². The first-order chi connectivity index (χ1) is 6.68. The monoisotopic (exact) mass is 261 g/mol. The van der Waals surface area contributed by atoms with E-state index < -0.39 is 5.60 Å².